The molecule has 1 fully saturated rings. The molecule has 0 radical (unpaired) electrons. The molecule has 6 heteroatoms. The Balaban J connectivity index is 1.40. The van der Waals surface area contributed by atoms with Gasteiger partial charge in [-0.1, -0.05) is 6.07 Å². The molecule has 1 atom stereocenters. The summed E-state index contributed by atoms with van der Waals surface area (Å²) in [5, 5.41) is 3.12. The van der Waals surface area contributed by atoms with Crippen LogP contribution in [-0.4, -0.2) is 35.7 Å². The predicted molar refractivity (Wildman–Crippen MR) is 106 cm³/mol. The molecule has 4 rings (SSSR count). The predicted octanol–water partition coefficient (Wildman–Crippen LogP) is 3.21. The number of pyridine rings is 1. The van der Waals surface area contributed by atoms with Gasteiger partial charge in [0.15, 0.2) is 11.5 Å². The molecule has 0 unspecified atom stereocenters. The Morgan fingerprint density at radius 2 is 2.00 bits per heavy atom. The van der Waals surface area contributed by atoms with Crippen LogP contribution in [0.2, 0.25) is 0 Å². The average molecular weight is 381 g/mol. The SMILES string of the molecule is CC(=O)N[C@@H](c1ccccn1)C1CCN(Cc2cc3c(cc2C)OCO3)CC1. The number of nitrogens with one attached hydrogen (secondary N) is 1. The lowest BCUT2D eigenvalue weighted by Crippen LogP contribution is -2.40. The third kappa shape index (κ3) is 4.12. The highest BCUT2D eigenvalue weighted by Gasteiger charge is 2.29. The maximum Gasteiger partial charge on any atom is 0.231 e. The summed E-state index contributed by atoms with van der Waals surface area (Å²) in [6, 6.07) is 10.0. The standard InChI is InChI=1S/C22H27N3O3/c1-15-11-20-21(28-14-27-20)12-18(15)13-25-9-6-17(7-10-25)22(24-16(2)26)19-5-3-4-8-23-19/h3-5,8,11-12,17,22H,6-7,9-10,13-14H2,1-2H3,(H,24,26)/t22-/m1/s1. The maximum absolute atomic E-state index is 11.7. The molecule has 2 aliphatic rings. The van der Waals surface area contributed by atoms with E-state index in [9.17, 15) is 4.79 Å². The first-order chi connectivity index (χ1) is 13.6. The minimum atomic E-state index is -0.0203. The lowest BCUT2D eigenvalue weighted by atomic mass is 9.87. The van der Waals surface area contributed by atoms with Gasteiger partial charge in [0.05, 0.1) is 11.7 Å². The highest BCUT2D eigenvalue weighted by Crippen LogP contribution is 2.36. The van der Waals surface area contributed by atoms with Crippen molar-refractivity contribution in [3.63, 3.8) is 0 Å². The van der Waals surface area contributed by atoms with Crippen LogP contribution in [-0.2, 0) is 11.3 Å². The van der Waals surface area contributed by atoms with E-state index >= 15 is 0 Å². The van der Waals surface area contributed by atoms with Crippen molar-refractivity contribution in [1.29, 1.82) is 0 Å². The average Bonchev–Trinajstić information content (AvgIpc) is 3.15. The van der Waals surface area contributed by atoms with Crippen molar-refractivity contribution in [2.24, 2.45) is 5.92 Å². The molecule has 1 aromatic carbocycles. The molecule has 1 amide bonds. The van der Waals surface area contributed by atoms with Crippen LogP contribution in [0.1, 0.15) is 42.6 Å². The molecule has 3 heterocycles. The summed E-state index contributed by atoms with van der Waals surface area (Å²) in [5.41, 5.74) is 3.46. The molecule has 1 saturated heterocycles. The van der Waals surface area contributed by atoms with E-state index in [0.717, 1.165) is 49.7 Å². The Morgan fingerprint density at radius 3 is 2.68 bits per heavy atom. The van der Waals surface area contributed by atoms with Gasteiger partial charge in [-0.3, -0.25) is 14.7 Å². The first kappa shape index (κ1) is 18.7. The molecule has 6 nitrogen and oxygen atoms in total. The highest BCUT2D eigenvalue weighted by atomic mass is 16.7. The highest BCUT2D eigenvalue weighted by molar-refractivity contribution is 5.73. The van der Waals surface area contributed by atoms with Gasteiger partial charge in [-0.05, 0) is 74.2 Å². The number of aryl methyl sites for hydroxylation is 1. The Bertz CT molecular complexity index is 832. The summed E-state index contributed by atoms with van der Waals surface area (Å²) >= 11 is 0. The third-order valence-electron chi connectivity index (χ3n) is 5.69. The number of carbonyl (C=O) groups excluding carboxylic acids is 1. The first-order valence-corrected chi connectivity index (χ1v) is 9.89. The monoisotopic (exact) mass is 381 g/mol. The van der Waals surface area contributed by atoms with E-state index in [-0.39, 0.29) is 11.9 Å². The van der Waals surface area contributed by atoms with Crippen molar-refractivity contribution in [3.8, 4) is 11.5 Å². The van der Waals surface area contributed by atoms with Crippen LogP contribution in [0.4, 0.5) is 0 Å². The fourth-order valence-electron chi connectivity index (χ4n) is 4.15. The summed E-state index contributed by atoms with van der Waals surface area (Å²) < 4.78 is 11.0. The number of nitrogens with zero attached hydrogens (tertiary/aromatic N) is 2. The zero-order chi connectivity index (χ0) is 19.5. The molecular formula is C22H27N3O3. The van der Waals surface area contributed by atoms with Gasteiger partial charge in [-0.25, -0.2) is 0 Å². The summed E-state index contributed by atoms with van der Waals surface area (Å²) in [4.78, 5) is 18.7. The van der Waals surface area contributed by atoms with E-state index < -0.39 is 0 Å². The van der Waals surface area contributed by atoms with Gasteiger partial charge in [0.1, 0.15) is 0 Å². The van der Waals surface area contributed by atoms with E-state index in [2.05, 4.69) is 34.3 Å². The summed E-state index contributed by atoms with van der Waals surface area (Å²) in [7, 11) is 0. The number of fused-ring (bicyclic) bond motifs is 1. The van der Waals surface area contributed by atoms with Crippen molar-refractivity contribution in [2.45, 2.75) is 39.3 Å². The van der Waals surface area contributed by atoms with Crippen molar-refractivity contribution >= 4 is 5.91 Å². The van der Waals surface area contributed by atoms with Crippen LogP contribution in [0, 0.1) is 12.8 Å². The van der Waals surface area contributed by atoms with Gasteiger partial charge in [0, 0.05) is 19.7 Å². The van der Waals surface area contributed by atoms with E-state index in [1.165, 1.54) is 11.1 Å². The normalized spacial score (nSPS) is 18.1. The quantitative estimate of drug-likeness (QED) is 0.862. The molecular weight excluding hydrogens is 354 g/mol. The van der Waals surface area contributed by atoms with Crippen LogP contribution in [0.15, 0.2) is 36.5 Å². The van der Waals surface area contributed by atoms with Gasteiger partial charge < -0.3 is 14.8 Å². The van der Waals surface area contributed by atoms with Crippen molar-refractivity contribution in [2.75, 3.05) is 19.9 Å². The Labute approximate surface area is 165 Å². The van der Waals surface area contributed by atoms with Gasteiger partial charge in [-0.2, -0.15) is 0 Å². The molecule has 1 N–H and O–H groups in total. The van der Waals surface area contributed by atoms with Gasteiger partial charge in [-0.15, -0.1) is 0 Å². The number of amides is 1. The number of hydrogen-bond donors (Lipinski definition) is 1. The number of likely N-dealkylation sites (tertiary alicyclic amines) is 1. The molecule has 0 saturated carbocycles. The zero-order valence-corrected chi connectivity index (χ0v) is 16.5. The Morgan fingerprint density at radius 1 is 1.25 bits per heavy atom. The lowest BCUT2D eigenvalue weighted by Gasteiger charge is -2.36. The van der Waals surface area contributed by atoms with Crippen molar-refractivity contribution in [1.82, 2.24) is 15.2 Å². The van der Waals surface area contributed by atoms with Gasteiger partial charge >= 0.3 is 0 Å². The number of rotatable bonds is 5. The largest absolute Gasteiger partial charge is 0.454 e. The molecule has 0 bridgehead atoms. The second-order valence-corrected chi connectivity index (χ2v) is 7.68. The Hall–Kier alpha value is -2.60. The molecule has 2 aliphatic heterocycles. The lowest BCUT2D eigenvalue weighted by molar-refractivity contribution is -0.120. The Kier molecular flexibility index (Phi) is 5.48. The molecule has 0 spiro atoms. The van der Waals surface area contributed by atoms with Crippen LogP contribution in [0.3, 0.4) is 0 Å². The topological polar surface area (TPSA) is 63.7 Å². The maximum atomic E-state index is 11.7. The van der Waals surface area contributed by atoms with E-state index in [1.54, 1.807) is 13.1 Å². The molecule has 28 heavy (non-hydrogen) atoms. The smallest absolute Gasteiger partial charge is 0.231 e. The van der Waals surface area contributed by atoms with Crippen molar-refractivity contribution in [3.05, 3.63) is 53.3 Å². The number of carbonyl (C=O) groups is 1. The number of benzene rings is 1. The number of aromatic nitrogens is 1. The van der Waals surface area contributed by atoms with E-state index in [1.807, 2.05) is 18.2 Å². The summed E-state index contributed by atoms with van der Waals surface area (Å²) in [6.07, 6.45) is 3.86. The fourth-order valence-corrected chi connectivity index (χ4v) is 4.15. The zero-order valence-electron chi connectivity index (χ0n) is 16.5. The van der Waals surface area contributed by atoms with Crippen LogP contribution < -0.4 is 14.8 Å². The van der Waals surface area contributed by atoms with Crippen LogP contribution in [0.25, 0.3) is 0 Å². The molecule has 148 valence electrons. The molecule has 0 aliphatic carbocycles. The number of hydrogen-bond acceptors (Lipinski definition) is 5. The van der Waals surface area contributed by atoms with Crippen molar-refractivity contribution < 1.29 is 14.3 Å². The number of piperidine rings is 1. The van der Waals surface area contributed by atoms with Crippen LogP contribution >= 0.6 is 0 Å². The summed E-state index contributed by atoms with van der Waals surface area (Å²) in [5.74, 6) is 2.08. The minimum absolute atomic E-state index is 0.00549. The molecule has 2 aromatic rings. The minimum Gasteiger partial charge on any atom is -0.454 e. The fraction of sp³-hybridized carbons (Fsp3) is 0.455. The molecule has 1 aromatic heterocycles. The van der Waals surface area contributed by atoms with Crippen LogP contribution in [0.5, 0.6) is 11.5 Å². The first-order valence-electron chi connectivity index (χ1n) is 9.89. The number of ether oxygens (including phenoxy) is 2. The van der Waals surface area contributed by atoms with Gasteiger partial charge in [0.2, 0.25) is 12.7 Å². The van der Waals surface area contributed by atoms with E-state index in [0.29, 0.717) is 12.7 Å². The summed E-state index contributed by atoms with van der Waals surface area (Å²) in [6.45, 7) is 6.92. The van der Waals surface area contributed by atoms with Gasteiger partial charge in [0.25, 0.3) is 0 Å². The second kappa shape index (κ2) is 8.19. The third-order valence-corrected chi connectivity index (χ3v) is 5.69. The van der Waals surface area contributed by atoms with E-state index in [4.69, 9.17) is 9.47 Å². The second-order valence-electron chi connectivity index (χ2n) is 7.68.